The Bertz CT molecular complexity index is 423. The number of aliphatic hydroxyl groups is 3. The van der Waals surface area contributed by atoms with Crippen LogP contribution in [-0.2, 0) is 0 Å². The first kappa shape index (κ1) is 14.4. The summed E-state index contributed by atoms with van der Waals surface area (Å²) in [5, 5.41) is 39.2. The quantitative estimate of drug-likeness (QED) is 0.452. The molecular weight excluding hydrogens is 240 g/mol. The highest BCUT2D eigenvalue weighted by atomic mass is 16.4. The lowest BCUT2D eigenvalue weighted by Crippen LogP contribution is -2.49. The summed E-state index contributed by atoms with van der Waals surface area (Å²) in [6.07, 6.45) is 1.18. The van der Waals surface area contributed by atoms with E-state index in [1.54, 1.807) is 6.92 Å². The van der Waals surface area contributed by atoms with Gasteiger partial charge in [-0.05, 0) is 13.0 Å². The monoisotopic (exact) mass is 256 g/mol. The molecule has 1 heterocycles. The van der Waals surface area contributed by atoms with Gasteiger partial charge in [-0.3, -0.25) is 4.98 Å². The van der Waals surface area contributed by atoms with Crippen molar-refractivity contribution in [1.29, 1.82) is 0 Å². The summed E-state index contributed by atoms with van der Waals surface area (Å²) in [6, 6.07) is 1.47. The van der Waals surface area contributed by atoms with Crippen molar-refractivity contribution in [3.8, 4) is 0 Å². The minimum Gasteiger partial charge on any atom is -0.478 e. The van der Waals surface area contributed by atoms with Crippen LogP contribution in [0.5, 0.6) is 0 Å². The van der Waals surface area contributed by atoms with Crippen molar-refractivity contribution >= 4 is 11.7 Å². The molecule has 0 aromatic carbocycles. The van der Waals surface area contributed by atoms with Crippen LogP contribution in [0.2, 0.25) is 0 Å². The summed E-state index contributed by atoms with van der Waals surface area (Å²) >= 11 is 0. The number of carboxylic acid groups (broad SMARTS) is 1. The number of carbonyl (C=O) groups is 1. The fourth-order valence-corrected chi connectivity index (χ4v) is 1.39. The summed E-state index contributed by atoms with van der Waals surface area (Å²) < 4.78 is 0. The SMILES string of the molecule is Cc1cc(NC(CO)(CO)CO)c(C(=O)O)cn1. The summed E-state index contributed by atoms with van der Waals surface area (Å²) in [5.41, 5.74) is -0.712. The lowest BCUT2D eigenvalue weighted by atomic mass is 10.0. The molecule has 5 N–H and O–H groups in total. The summed E-state index contributed by atoms with van der Waals surface area (Å²) in [5.74, 6) is -1.19. The van der Waals surface area contributed by atoms with Crippen LogP contribution in [0.15, 0.2) is 12.3 Å². The zero-order valence-electron chi connectivity index (χ0n) is 9.92. The maximum Gasteiger partial charge on any atom is 0.339 e. The van der Waals surface area contributed by atoms with Crippen LogP contribution < -0.4 is 5.32 Å². The summed E-state index contributed by atoms with van der Waals surface area (Å²) in [6.45, 7) is 0.0522. The molecule has 100 valence electrons. The van der Waals surface area contributed by atoms with Gasteiger partial charge in [-0.25, -0.2) is 4.79 Å². The molecule has 1 aromatic rings. The Labute approximate surface area is 104 Å². The highest BCUT2D eigenvalue weighted by Gasteiger charge is 2.29. The number of nitrogens with zero attached hydrogens (tertiary/aromatic N) is 1. The fraction of sp³-hybridized carbons (Fsp3) is 0.455. The van der Waals surface area contributed by atoms with Crippen LogP contribution in [0.3, 0.4) is 0 Å². The Morgan fingerprint density at radius 1 is 1.33 bits per heavy atom. The molecule has 0 fully saturated rings. The van der Waals surface area contributed by atoms with E-state index in [2.05, 4.69) is 10.3 Å². The summed E-state index contributed by atoms with van der Waals surface area (Å²) in [7, 11) is 0. The van der Waals surface area contributed by atoms with Gasteiger partial charge in [0.2, 0.25) is 0 Å². The smallest absolute Gasteiger partial charge is 0.339 e. The lowest BCUT2D eigenvalue weighted by molar-refractivity contribution is 0.0692. The molecule has 7 nitrogen and oxygen atoms in total. The minimum atomic E-state index is -1.38. The maximum absolute atomic E-state index is 11.0. The van der Waals surface area contributed by atoms with Crippen LogP contribution >= 0.6 is 0 Å². The number of pyridine rings is 1. The zero-order valence-corrected chi connectivity index (χ0v) is 9.92. The Hall–Kier alpha value is -1.70. The zero-order chi connectivity index (χ0) is 13.8. The number of anilines is 1. The Balaban J connectivity index is 3.16. The largest absolute Gasteiger partial charge is 0.478 e. The van der Waals surface area contributed by atoms with Gasteiger partial charge in [0.05, 0.1) is 25.5 Å². The fourth-order valence-electron chi connectivity index (χ4n) is 1.39. The van der Waals surface area contributed by atoms with Gasteiger partial charge in [-0.15, -0.1) is 0 Å². The molecule has 0 atom stereocenters. The second-order valence-electron chi connectivity index (χ2n) is 4.06. The molecule has 1 aromatic heterocycles. The van der Waals surface area contributed by atoms with E-state index < -0.39 is 31.3 Å². The number of aliphatic hydroxyl groups excluding tert-OH is 3. The third-order valence-corrected chi connectivity index (χ3v) is 2.58. The molecule has 0 bridgehead atoms. The maximum atomic E-state index is 11.0. The topological polar surface area (TPSA) is 123 Å². The highest BCUT2D eigenvalue weighted by Crippen LogP contribution is 2.20. The van der Waals surface area contributed by atoms with Gasteiger partial charge in [0.1, 0.15) is 11.1 Å². The first-order chi connectivity index (χ1) is 8.48. The summed E-state index contributed by atoms with van der Waals surface area (Å²) in [4.78, 5) is 14.9. The van der Waals surface area contributed by atoms with Crippen molar-refractivity contribution in [1.82, 2.24) is 4.98 Å². The predicted octanol–water partition coefficient (Wildman–Crippen LogP) is -0.784. The molecule has 0 amide bonds. The van der Waals surface area contributed by atoms with Gasteiger partial charge in [0, 0.05) is 11.9 Å². The number of aryl methyl sites for hydroxylation is 1. The van der Waals surface area contributed by atoms with Gasteiger partial charge in [-0.2, -0.15) is 0 Å². The Morgan fingerprint density at radius 2 is 1.89 bits per heavy atom. The molecule has 0 saturated carbocycles. The first-order valence-corrected chi connectivity index (χ1v) is 5.28. The van der Waals surface area contributed by atoms with E-state index in [1.165, 1.54) is 12.3 Å². The van der Waals surface area contributed by atoms with Crippen LogP contribution in [0, 0.1) is 6.92 Å². The standard InChI is InChI=1S/C11H16N2O5/c1-7-2-9(8(3-12-7)10(17)18)13-11(4-14,5-15)6-16/h2-3,14-16H,4-6H2,1H3,(H,12,13)(H,17,18). The molecule has 7 heteroatoms. The van der Waals surface area contributed by atoms with E-state index in [0.29, 0.717) is 5.69 Å². The molecule has 1 rings (SSSR count). The van der Waals surface area contributed by atoms with Crippen molar-refractivity contribution in [2.75, 3.05) is 25.1 Å². The first-order valence-electron chi connectivity index (χ1n) is 5.28. The molecule has 0 spiro atoms. The molecule has 18 heavy (non-hydrogen) atoms. The number of carboxylic acids is 1. The van der Waals surface area contributed by atoms with Crippen LogP contribution in [0.1, 0.15) is 16.1 Å². The molecule has 0 aliphatic heterocycles. The number of aromatic nitrogens is 1. The van der Waals surface area contributed by atoms with Gasteiger partial charge in [-0.1, -0.05) is 0 Å². The predicted molar refractivity (Wildman–Crippen MR) is 63.5 cm³/mol. The van der Waals surface area contributed by atoms with E-state index in [4.69, 9.17) is 5.11 Å². The van der Waals surface area contributed by atoms with Crippen molar-refractivity contribution < 1.29 is 25.2 Å². The third kappa shape index (κ3) is 2.95. The second-order valence-corrected chi connectivity index (χ2v) is 4.06. The third-order valence-electron chi connectivity index (χ3n) is 2.58. The number of hydrogen-bond donors (Lipinski definition) is 5. The van der Waals surface area contributed by atoms with Gasteiger partial charge < -0.3 is 25.7 Å². The van der Waals surface area contributed by atoms with Crippen molar-refractivity contribution in [3.63, 3.8) is 0 Å². The average Bonchev–Trinajstić information content (AvgIpc) is 2.36. The number of aromatic carboxylic acids is 1. The molecule has 0 aliphatic rings. The number of hydrogen-bond acceptors (Lipinski definition) is 6. The van der Waals surface area contributed by atoms with E-state index in [9.17, 15) is 20.1 Å². The van der Waals surface area contributed by atoms with Gasteiger partial charge >= 0.3 is 5.97 Å². The minimum absolute atomic E-state index is 0.0969. The Morgan fingerprint density at radius 3 is 2.33 bits per heavy atom. The van der Waals surface area contributed by atoms with E-state index in [1.807, 2.05) is 0 Å². The second kappa shape index (κ2) is 5.76. The van der Waals surface area contributed by atoms with Crippen LogP contribution in [-0.4, -0.2) is 56.7 Å². The normalized spacial score (nSPS) is 11.3. The van der Waals surface area contributed by atoms with Crippen molar-refractivity contribution in [3.05, 3.63) is 23.5 Å². The molecule has 0 saturated heterocycles. The lowest BCUT2D eigenvalue weighted by Gasteiger charge is -2.30. The highest BCUT2D eigenvalue weighted by molar-refractivity contribution is 5.94. The molecular formula is C11H16N2O5. The average molecular weight is 256 g/mol. The molecule has 0 radical (unpaired) electrons. The number of rotatable bonds is 6. The van der Waals surface area contributed by atoms with E-state index in [0.717, 1.165) is 0 Å². The van der Waals surface area contributed by atoms with Crippen molar-refractivity contribution in [2.24, 2.45) is 0 Å². The Kier molecular flexibility index (Phi) is 4.60. The number of nitrogens with one attached hydrogen (secondary N) is 1. The van der Waals surface area contributed by atoms with Crippen LogP contribution in [0.25, 0.3) is 0 Å². The molecule has 0 aliphatic carbocycles. The van der Waals surface area contributed by atoms with Gasteiger partial charge in [0.25, 0.3) is 0 Å². The van der Waals surface area contributed by atoms with Crippen molar-refractivity contribution in [2.45, 2.75) is 12.5 Å². The van der Waals surface area contributed by atoms with E-state index in [-0.39, 0.29) is 11.3 Å². The van der Waals surface area contributed by atoms with E-state index >= 15 is 0 Å². The molecule has 0 unspecified atom stereocenters. The van der Waals surface area contributed by atoms with Crippen LogP contribution in [0.4, 0.5) is 5.69 Å². The van der Waals surface area contributed by atoms with Gasteiger partial charge in [0.15, 0.2) is 0 Å².